The van der Waals surface area contributed by atoms with Crippen molar-refractivity contribution in [3.05, 3.63) is 53.9 Å². The van der Waals surface area contributed by atoms with E-state index in [2.05, 4.69) is 59.4 Å². The molecule has 0 amide bonds. The van der Waals surface area contributed by atoms with Gasteiger partial charge in [-0.05, 0) is 24.6 Å². The molecule has 0 aliphatic heterocycles. The van der Waals surface area contributed by atoms with Crippen LogP contribution in [0.15, 0.2) is 42.5 Å². The lowest BCUT2D eigenvalue weighted by atomic mass is 10.2. The smallest absolute Gasteiger partial charge is 0.118 e. The van der Waals surface area contributed by atoms with Crippen LogP contribution in [0.2, 0.25) is 0 Å². The van der Waals surface area contributed by atoms with E-state index in [1.165, 1.54) is 5.56 Å². The van der Waals surface area contributed by atoms with Crippen molar-refractivity contribution in [1.29, 1.82) is 0 Å². The number of hydrogen-bond donors (Lipinski definition) is 1. The van der Waals surface area contributed by atoms with E-state index >= 15 is 0 Å². The third kappa shape index (κ3) is 1.38. The molecule has 0 atom stereocenters. The van der Waals surface area contributed by atoms with Crippen LogP contribution in [0.25, 0.3) is 11.0 Å². The Bertz CT molecular complexity index is 549. The van der Waals surface area contributed by atoms with Gasteiger partial charge in [-0.25, -0.2) is 4.98 Å². The highest BCUT2D eigenvalue weighted by atomic mass is 14.9. The van der Waals surface area contributed by atoms with E-state index in [1.807, 2.05) is 0 Å². The van der Waals surface area contributed by atoms with Crippen molar-refractivity contribution in [3.63, 3.8) is 0 Å². The molecule has 2 heteroatoms. The number of allylic oxidation sites excluding steroid dienone is 4. The highest BCUT2D eigenvalue weighted by Crippen LogP contribution is 2.23. The molecule has 1 aliphatic carbocycles. The Kier molecular flexibility index (Phi) is 1.75. The number of hydrogen-bond acceptors (Lipinski definition) is 1. The summed E-state index contributed by atoms with van der Waals surface area (Å²) >= 11 is 0. The van der Waals surface area contributed by atoms with Gasteiger partial charge in [-0.3, -0.25) is 0 Å². The highest BCUT2D eigenvalue weighted by Gasteiger charge is 2.11. The van der Waals surface area contributed by atoms with E-state index in [9.17, 15) is 0 Å². The average molecular weight is 196 g/mol. The molecule has 1 aliphatic rings. The summed E-state index contributed by atoms with van der Waals surface area (Å²) in [5, 5.41) is 0. The van der Waals surface area contributed by atoms with Gasteiger partial charge >= 0.3 is 0 Å². The predicted octanol–water partition coefficient (Wildman–Crippen LogP) is 3.08. The number of aryl methyl sites for hydroxylation is 1. The lowest BCUT2D eigenvalue weighted by Gasteiger charge is -1.97. The number of nitrogens with one attached hydrogen (secondary N) is 1. The molecule has 1 heterocycles. The maximum atomic E-state index is 4.58. The molecule has 1 N–H and O–H groups in total. The molecule has 1 aromatic heterocycles. The van der Waals surface area contributed by atoms with Crippen LogP contribution >= 0.6 is 0 Å². The summed E-state index contributed by atoms with van der Waals surface area (Å²) in [6.07, 6.45) is 8.40. The Morgan fingerprint density at radius 2 is 2.00 bits per heavy atom. The minimum Gasteiger partial charge on any atom is -0.341 e. The summed E-state index contributed by atoms with van der Waals surface area (Å²) in [5.74, 6) is 1.35. The van der Waals surface area contributed by atoms with Crippen molar-refractivity contribution in [2.75, 3.05) is 0 Å². The van der Waals surface area contributed by atoms with E-state index in [4.69, 9.17) is 0 Å². The minimum atomic E-state index is 0.317. The first-order valence-corrected chi connectivity index (χ1v) is 5.14. The standard InChI is InChI=1S/C13H12N2/c1-9-6-7-11-12(8-9)15-13(14-11)10-4-2-3-5-10/h2-8,10H,1H3,(H,14,15). The molecule has 3 rings (SSSR count). The summed E-state index contributed by atoms with van der Waals surface area (Å²) < 4.78 is 0. The molecule has 0 radical (unpaired) electrons. The zero-order chi connectivity index (χ0) is 10.3. The molecular formula is C13H12N2. The topological polar surface area (TPSA) is 28.7 Å². The Morgan fingerprint density at radius 3 is 2.80 bits per heavy atom. The largest absolute Gasteiger partial charge is 0.341 e. The summed E-state index contributed by atoms with van der Waals surface area (Å²) in [5.41, 5.74) is 3.43. The first-order valence-electron chi connectivity index (χ1n) is 5.14. The van der Waals surface area contributed by atoms with Crippen molar-refractivity contribution in [2.45, 2.75) is 12.8 Å². The van der Waals surface area contributed by atoms with Gasteiger partial charge in [0.1, 0.15) is 5.82 Å². The average Bonchev–Trinajstić information content (AvgIpc) is 2.84. The van der Waals surface area contributed by atoms with Crippen LogP contribution in [0, 0.1) is 6.92 Å². The quantitative estimate of drug-likeness (QED) is 0.746. The first kappa shape index (κ1) is 8.48. The first-order chi connectivity index (χ1) is 7.33. The Morgan fingerprint density at radius 1 is 1.20 bits per heavy atom. The van der Waals surface area contributed by atoms with E-state index < -0.39 is 0 Å². The van der Waals surface area contributed by atoms with Crippen LogP contribution in [0.5, 0.6) is 0 Å². The molecule has 0 fully saturated rings. The third-order valence-corrected chi connectivity index (χ3v) is 2.72. The van der Waals surface area contributed by atoms with Gasteiger partial charge in [0, 0.05) is 0 Å². The second-order valence-electron chi connectivity index (χ2n) is 3.94. The molecule has 2 nitrogen and oxygen atoms in total. The molecule has 0 bridgehead atoms. The van der Waals surface area contributed by atoms with Crippen molar-refractivity contribution in [3.8, 4) is 0 Å². The Balaban J connectivity index is 2.13. The monoisotopic (exact) mass is 196 g/mol. The minimum absolute atomic E-state index is 0.317. The number of benzene rings is 1. The van der Waals surface area contributed by atoms with Crippen LogP contribution in [0.1, 0.15) is 17.3 Å². The van der Waals surface area contributed by atoms with E-state index in [0.717, 1.165) is 16.9 Å². The second-order valence-corrected chi connectivity index (χ2v) is 3.94. The van der Waals surface area contributed by atoms with E-state index in [1.54, 1.807) is 0 Å². The van der Waals surface area contributed by atoms with E-state index in [-0.39, 0.29) is 0 Å². The van der Waals surface area contributed by atoms with Crippen molar-refractivity contribution in [2.24, 2.45) is 0 Å². The van der Waals surface area contributed by atoms with Gasteiger partial charge in [0.15, 0.2) is 0 Å². The Hall–Kier alpha value is -1.83. The molecule has 0 unspecified atom stereocenters. The zero-order valence-corrected chi connectivity index (χ0v) is 8.57. The van der Waals surface area contributed by atoms with Crippen LogP contribution in [-0.4, -0.2) is 9.97 Å². The summed E-state index contributed by atoms with van der Waals surface area (Å²) in [4.78, 5) is 7.94. The van der Waals surface area contributed by atoms with Crippen molar-refractivity contribution in [1.82, 2.24) is 9.97 Å². The van der Waals surface area contributed by atoms with Gasteiger partial charge in [-0.2, -0.15) is 0 Å². The third-order valence-electron chi connectivity index (χ3n) is 2.72. The maximum absolute atomic E-state index is 4.58. The maximum Gasteiger partial charge on any atom is 0.118 e. The molecule has 0 saturated heterocycles. The number of fused-ring (bicyclic) bond motifs is 1. The van der Waals surface area contributed by atoms with Crippen molar-refractivity contribution < 1.29 is 0 Å². The Labute approximate surface area is 88.3 Å². The fourth-order valence-electron chi connectivity index (χ4n) is 1.92. The zero-order valence-electron chi connectivity index (χ0n) is 8.57. The van der Waals surface area contributed by atoms with Gasteiger partial charge in [0.05, 0.1) is 17.0 Å². The van der Waals surface area contributed by atoms with Crippen LogP contribution in [-0.2, 0) is 0 Å². The number of rotatable bonds is 1. The molecule has 0 saturated carbocycles. The van der Waals surface area contributed by atoms with E-state index in [0.29, 0.717) is 5.92 Å². The lowest BCUT2D eigenvalue weighted by Crippen LogP contribution is -1.90. The molecule has 1 aromatic carbocycles. The van der Waals surface area contributed by atoms with Gasteiger partial charge in [-0.15, -0.1) is 0 Å². The molecule has 0 spiro atoms. The summed E-state index contributed by atoms with van der Waals surface area (Å²) in [6.45, 7) is 2.09. The number of H-pyrrole nitrogens is 1. The normalized spacial score (nSPS) is 15.5. The SMILES string of the molecule is Cc1ccc2nc(C3C=CC=C3)[nH]c2c1. The fraction of sp³-hybridized carbons (Fsp3) is 0.154. The molecule has 15 heavy (non-hydrogen) atoms. The van der Waals surface area contributed by atoms with Gasteiger partial charge in [0.2, 0.25) is 0 Å². The van der Waals surface area contributed by atoms with Gasteiger partial charge < -0.3 is 4.98 Å². The van der Waals surface area contributed by atoms with Gasteiger partial charge in [0.25, 0.3) is 0 Å². The van der Waals surface area contributed by atoms with Crippen LogP contribution < -0.4 is 0 Å². The molecular weight excluding hydrogens is 184 g/mol. The number of aromatic amines is 1. The van der Waals surface area contributed by atoms with Crippen molar-refractivity contribution >= 4 is 11.0 Å². The van der Waals surface area contributed by atoms with Gasteiger partial charge in [-0.1, -0.05) is 30.4 Å². The number of aromatic nitrogens is 2. The summed E-state index contributed by atoms with van der Waals surface area (Å²) in [7, 11) is 0. The molecule has 74 valence electrons. The number of imidazole rings is 1. The number of nitrogens with zero attached hydrogens (tertiary/aromatic N) is 1. The van der Waals surface area contributed by atoms with Crippen LogP contribution in [0.3, 0.4) is 0 Å². The lowest BCUT2D eigenvalue weighted by molar-refractivity contribution is 0.971. The fourth-order valence-corrected chi connectivity index (χ4v) is 1.92. The second kappa shape index (κ2) is 3.09. The highest BCUT2D eigenvalue weighted by molar-refractivity contribution is 5.76. The molecule has 2 aromatic rings. The van der Waals surface area contributed by atoms with Crippen LogP contribution in [0.4, 0.5) is 0 Å². The predicted molar refractivity (Wildman–Crippen MR) is 61.9 cm³/mol. The summed E-state index contributed by atoms with van der Waals surface area (Å²) in [6, 6.07) is 6.29.